The largest absolute Gasteiger partial charge is 0.364 e. The normalized spacial score (nSPS) is 16.2. The summed E-state index contributed by atoms with van der Waals surface area (Å²) >= 11 is 0. The number of rotatable bonds is 5. The Hall–Kier alpha value is -0.700. The molecule has 3 heteroatoms. The highest BCUT2D eigenvalue weighted by atomic mass is 16.5. The summed E-state index contributed by atoms with van der Waals surface area (Å²) < 4.78 is 5.03. The van der Waals surface area contributed by atoms with Crippen LogP contribution in [-0.4, -0.2) is 36.9 Å². The first-order valence-electron chi connectivity index (χ1n) is 4.52. The third-order valence-corrected chi connectivity index (χ3v) is 1.95. The molecule has 0 spiro atoms. The molecule has 1 aliphatic heterocycles. The van der Waals surface area contributed by atoms with Crippen LogP contribution in [0.1, 0.15) is 19.8 Å². The van der Waals surface area contributed by atoms with Crippen LogP contribution in [0.2, 0.25) is 0 Å². The molecule has 0 saturated heterocycles. The Kier molecular flexibility index (Phi) is 3.94. The van der Waals surface area contributed by atoms with Crippen LogP contribution in [-0.2, 0) is 4.74 Å². The lowest BCUT2D eigenvalue weighted by atomic mass is 10.3. The molecule has 0 aromatic carbocycles. The molecule has 3 nitrogen and oxygen atoms in total. The SMILES string of the molecule is CCCCN1C=CN(COC)C1. The van der Waals surface area contributed by atoms with Crippen molar-refractivity contribution in [2.45, 2.75) is 19.8 Å². The smallest absolute Gasteiger partial charge is 0.119 e. The highest BCUT2D eigenvalue weighted by Gasteiger charge is 2.09. The van der Waals surface area contributed by atoms with Crippen molar-refractivity contribution in [1.82, 2.24) is 9.80 Å². The van der Waals surface area contributed by atoms with E-state index < -0.39 is 0 Å². The molecule has 1 aliphatic rings. The monoisotopic (exact) mass is 170 g/mol. The van der Waals surface area contributed by atoms with Gasteiger partial charge >= 0.3 is 0 Å². The second-order valence-corrected chi connectivity index (χ2v) is 3.11. The lowest BCUT2D eigenvalue weighted by Crippen LogP contribution is -2.27. The summed E-state index contributed by atoms with van der Waals surface area (Å²) in [6.45, 7) is 5.05. The van der Waals surface area contributed by atoms with Crippen molar-refractivity contribution in [1.29, 1.82) is 0 Å². The van der Waals surface area contributed by atoms with Gasteiger partial charge in [0.25, 0.3) is 0 Å². The Morgan fingerprint density at radius 3 is 2.75 bits per heavy atom. The van der Waals surface area contributed by atoms with E-state index in [2.05, 4.69) is 29.1 Å². The molecule has 12 heavy (non-hydrogen) atoms. The molecule has 0 saturated carbocycles. The van der Waals surface area contributed by atoms with E-state index in [0.29, 0.717) is 6.73 Å². The third kappa shape index (κ3) is 2.74. The van der Waals surface area contributed by atoms with Crippen LogP contribution in [0.4, 0.5) is 0 Å². The van der Waals surface area contributed by atoms with Crippen LogP contribution in [0.5, 0.6) is 0 Å². The van der Waals surface area contributed by atoms with E-state index in [-0.39, 0.29) is 0 Å². The van der Waals surface area contributed by atoms with Crippen LogP contribution < -0.4 is 0 Å². The molecule has 0 aromatic rings. The standard InChI is InChI=1S/C9H18N2O/c1-3-4-5-10-6-7-11(8-10)9-12-2/h6-7H,3-5,8-9H2,1-2H3. The summed E-state index contributed by atoms with van der Waals surface area (Å²) in [6.07, 6.45) is 6.74. The van der Waals surface area contributed by atoms with Crippen molar-refractivity contribution in [3.63, 3.8) is 0 Å². The summed E-state index contributed by atoms with van der Waals surface area (Å²) in [5.41, 5.74) is 0. The summed E-state index contributed by atoms with van der Waals surface area (Å²) in [5, 5.41) is 0. The van der Waals surface area contributed by atoms with Crippen LogP contribution in [0.15, 0.2) is 12.4 Å². The zero-order chi connectivity index (χ0) is 8.81. The van der Waals surface area contributed by atoms with Gasteiger partial charge in [-0.2, -0.15) is 0 Å². The first-order valence-corrected chi connectivity index (χ1v) is 4.52. The third-order valence-electron chi connectivity index (χ3n) is 1.95. The van der Waals surface area contributed by atoms with Gasteiger partial charge in [0.05, 0.1) is 6.67 Å². The molecule has 70 valence electrons. The van der Waals surface area contributed by atoms with E-state index in [1.807, 2.05) is 0 Å². The fourth-order valence-electron chi connectivity index (χ4n) is 1.27. The highest BCUT2D eigenvalue weighted by molar-refractivity contribution is 4.89. The number of hydrogen-bond donors (Lipinski definition) is 0. The molecule has 0 aliphatic carbocycles. The number of methoxy groups -OCH3 is 1. The van der Waals surface area contributed by atoms with Crippen molar-refractivity contribution in [3.05, 3.63) is 12.4 Å². The molecular weight excluding hydrogens is 152 g/mol. The van der Waals surface area contributed by atoms with Crippen molar-refractivity contribution in [2.75, 3.05) is 27.1 Å². The van der Waals surface area contributed by atoms with E-state index in [0.717, 1.165) is 13.2 Å². The Morgan fingerprint density at radius 2 is 2.08 bits per heavy atom. The van der Waals surface area contributed by atoms with Crippen molar-refractivity contribution >= 4 is 0 Å². The van der Waals surface area contributed by atoms with Crippen LogP contribution in [0, 0.1) is 0 Å². The molecule has 0 N–H and O–H groups in total. The van der Waals surface area contributed by atoms with Gasteiger partial charge in [0.2, 0.25) is 0 Å². The summed E-state index contributed by atoms with van der Waals surface area (Å²) in [4.78, 5) is 4.46. The zero-order valence-corrected chi connectivity index (χ0v) is 7.99. The molecule has 1 rings (SSSR count). The van der Waals surface area contributed by atoms with Gasteiger partial charge < -0.3 is 14.5 Å². The lowest BCUT2D eigenvalue weighted by Gasteiger charge is -2.19. The van der Waals surface area contributed by atoms with Gasteiger partial charge in [0.1, 0.15) is 6.73 Å². The summed E-state index contributed by atoms with van der Waals surface area (Å²) in [7, 11) is 1.72. The highest BCUT2D eigenvalue weighted by Crippen LogP contribution is 2.06. The predicted molar refractivity (Wildman–Crippen MR) is 49.3 cm³/mol. The summed E-state index contributed by atoms with van der Waals surface area (Å²) in [6, 6.07) is 0. The maximum absolute atomic E-state index is 5.03. The predicted octanol–water partition coefficient (Wildman–Crippen LogP) is 1.44. The van der Waals surface area contributed by atoms with Gasteiger partial charge in [0, 0.05) is 26.1 Å². The number of ether oxygens (including phenoxy) is 1. The first kappa shape index (κ1) is 9.39. The fraction of sp³-hybridized carbons (Fsp3) is 0.778. The minimum absolute atomic E-state index is 0.694. The van der Waals surface area contributed by atoms with Gasteiger partial charge in [-0.25, -0.2) is 0 Å². The molecule has 0 atom stereocenters. The minimum Gasteiger partial charge on any atom is -0.364 e. The average molecular weight is 170 g/mol. The van der Waals surface area contributed by atoms with Gasteiger partial charge in [0.15, 0.2) is 0 Å². The second-order valence-electron chi connectivity index (χ2n) is 3.11. The van der Waals surface area contributed by atoms with E-state index in [9.17, 15) is 0 Å². The summed E-state index contributed by atoms with van der Waals surface area (Å²) in [5.74, 6) is 0. The van der Waals surface area contributed by atoms with Crippen LogP contribution >= 0.6 is 0 Å². The molecule has 0 aromatic heterocycles. The topological polar surface area (TPSA) is 15.7 Å². The molecule has 0 amide bonds. The van der Waals surface area contributed by atoms with Crippen LogP contribution in [0.25, 0.3) is 0 Å². The van der Waals surface area contributed by atoms with E-state index >= 15 is 0 Å². The molecule has 0 unspecified atom stereocenters. The van der Waals surface area contributed by atoms with Gasteiger partial charge in [-0.3, -0.25) is 0 Å². The number of unbranched alkanes of at least 4 members (excludes halogenated alkanes) is 1. The average Bonchev–Trinajstić information content (AvgIpc) is 2.50. The Labute approximate surface area is 74.6 Å². The van der Waals surface area contributed by atoms with Crippen LogP contribution in [0.3, 0.4) is 0 Å². The Balaban J connectivity index is 2.14. The molecule has 0 bridgehead atoms. The number of nitrogens with zero attached hydrogens (tertiary/aromatic N) is 2. The molecule has 0 radical (unpaired) electrons. The fourth-order valence-corrected chi connectivity index (χ4v) is 1.27. The Bertz CT molecular complexity index is 147. The molecule has 0 fully saturated rings. The van der Waals surface area contributed by atoms with Crippen molar-refractivity contribution in [2.24, 2.45) is 0 Å². The maximum Gasteiger partial charge on any atom is 0.119 e. The van der Waals surface area contributed by atoms with Crippen molar-refractivity contribution < 1.29 is 4.74 Å². The van der Waals surface area contributed by atoms with E-state index in [1.165, 1.54) is 12.8 Å². The van der Waals surface area contributed by atoms with E-state index in [1.54, 1.807) is 7.11 Å². The van der Waals surface area contributed by atoms with Gasteiger partial charge in [-0.1, -0.05) is 13.3 Å². The van der Waals surface area contributed by atoms with Gasteiger partial charge in [-0.15, -0.1) is 0 Å². The quantitative estimate of drug-likeness (QED) is 0.621. The van der Waals surface area contributed by atoms with Crippen molar-refractivity contribution in [3.8, 4) is 0 Å². The Morgan fingerprint density at radius 1 is 1.33 bits per heavy atom. The van der Waals surface area contributed by atoms with Gasteiger partial charge in [-0.05, 0) is 6.42 Å². The lowest BCUT2D eigenvalue weighted by molar-refractivity contribution is 0.0816. The zero-order valence-electron chi connectivity index (χ0n) is 7.99. The number of hydrogen-bond acceptors (Lipinski definition) is 3. The van der Waals surface area contributed by atoms with E-state index in [4.69, 9.17) is 4.74 Å². The first-order chi connectivity index (χ1) is 5.86. The second kappa shape index (κ2) is 5.04. The minimum atomic E-state index is 0.694. The molecule has 1 heterocycles. The maximum atomic E-state index is 5.03. The molecular formula is C9H18N2O.